The molecule has 0 aliphatic rings. The molecule has 20 heteroatoms. The molecule has 54 heavy (non-hydrogen) atoms. The van der Waals surface area contributed by atoms with Crippen LogP contribution in [0.5, 0.6) is 11.5 Å². The fourth-order valence-corrected chi connectivity index (χ4v) is 6.90. The van der Waals surface area contributed by atoms with Crippen molar-refractivity contribution in [2.75, 3.05) is 13.3 Å². The fraction of sp³-hybridized carbons (Fsp3) is 0.324. The average Bonchev–Trinajstić information content (AvgIpc) is 3.79. The molecular weight excluding hydrogens is 763 g/mol. The summed E-state index contributed by atoms with van der Waals surface area (Å²) in [6, 6.07) is 13.8. The molecule has 5 aromatic rings. The molecule has 0 spiro atoms. The summed E-state index contributed by atoms with van der Waals surface area (Å²) in [6.07, 6.45) is -6.95. The van der Waals surface area contributed by atoms with E-state index in [1.165, 1.54) is 23.0 Å². The summed E-state index contributed by atoms with van der Waals surface area (Å²) >= 11 is 0.864. The third kappa shape index (κ3) is 10.6. The van der Waals surface area contributed by atoms with Gasteiger partial charge >= 0.3 is 12.1 Å². The van der Waals surface area contributed by atoms with Gasteiger partial charge in [-0.2, -0.15) is 13.2 Å². The van der Waals surface area contributed by atoms with Gasteiger partial charge < -0.3 is 24.8 Å². The SMILES string of the molecule is NS(=O)(=O)c1nc2ccc(OCc3cn(C(Cc4ccc(OC[C@H](O)[C@@H](O)CF)cc4)C(=O)CC(Cc4ccc(C(F)(F)F)cc4)C(=O)O)nn3)cc2s1. The van der Waals surface area contributed by atoms with Crippen LogP contribution >= 0.6 is 11.3 Å². The number of hydrogen-bond donors (Lipinski definition) is 4. The van der Waals surface area contributed by atoms with Crippen LogP contribution < -0.4 is 14.6 Å². The number of sulfonamides is 1. The molecule has 5 rings (SSSR count). The minimum atomic E-state index is -4.58. The molecular formula is C34H33F4N5O9S2. The highest BCUT2D eigenvalue weighted by atomic mass is 32.2. The average molecular weight is 796 g/mol. The second-order valence-electron chi connectivity index (χ2n) is 12.2. The maximum atomic E-state index is 13.9. The number of rotatable bonds is 18. The zero-order valence-corrected chi connectivity index (χ0v) is 29.6. The van der Waals surface area contributed by atoms with E-state index in [0.29, 0.717) is 21.5 Å². The zero-order valence-electron chi connectivity index (χ0n) is 28.0. The quantitative estimate of drug-likeness (QED) is 0.0930. The molecule has 288 valence electrons. The van der Waals surface area contributed by atoms with Crippen LogP contribution in [0.1, 0.15) is 34.8 Å². The molecule has 0 radical (unpaired) electrons. The lowest BCUT2D eigenvalue weighted by Gasteiger charge is -2.19. The number of alkyl halides is 4. The topological polar surface area (TPSA) is 217 Å². The number of aromatic nitrogens is 4. The largest absolute Gasteiger partial charge is 0.491 e. The Morgan fingerprint density at radius 1 is 0.926 bits per heavy atom. The monoisotopic (exact) mass is 795 g/mol. The number of aliphatic hydroxyl groups excluding tert-OH is 2. The summed E-state index contributed by atoms with van der Waals surface area (Å²) in [5.74, 6) is -2.56. The smallest absolute Gasteiger partial charge is 0.416 e. The lowest BCUT2D eigenvalue weighted by Crippen LogP contribution is -2.33. The van der Waals surface area contributed by atoms with Crippen molar-refractivity contribution in [2.45, 2.75) is 54.6 Å². The first kappa shape index (κ1) is 40.2. The Morgan fingerprint density at radius 2 is 1.57 bits per heavy atom. The van der Waals surface area contributed by atoms with E-state index in [2.05, 4.69) is 15.3 Å². The molecule has 0 fully saturated rings. The number of carbonyl (C=O) groups excluding carboxylic acids is 1. The highest BCUT2D eigenvalue weighted by Crippen LogP contribution is 2.31. The number of aliphatic hydroxyl groups is 2. The Kier molecular flexibility index (Phi) is 12.6. The fourth-order valence-electron chi connectivity index (χ4n) is 5.22. The Morgan fingerprint density at radius 3 is 2.20 bits per heavy atom. The summed E-state index contributed by atoms with van der Waals surface area (Å²) in [4.78, 5) is 30.1. The molecule has 2 aromatic heterocycles. The lowest BCUT2D eigenvalue weighted by atomic mass is 9.90. The van der Waals surface area contributed by atoms with Gasteiger partial charge in [0.1, 0.15) is 55.3 Å². The van der Waals surface area contributed by atoms with E-state index in [0.717, 1.165) is 35.6 Å². The standard InChI is InChI=1S/C34H33F4N5O9S2/c35-15-29(45)30(46)18-52-24-7-3-20(4-8-24)12-27(28(44)13-21(32(47)48)11-19-1-5-22(6-2-19)34(36,37)38)43-16-23(41-42-43)17-51-25-9-10-26-31(14-25)53-33(40-26)54(39,49)50/h1-10,14,16,21,27,29-30,45-46H,11-13,15,17-18H2,(H,47,48)(H2,39,49,50)/t21?,27?,29-,30-/m0/s1. The molecule has 4 atom stereocenters. The first-order valence-electron chi connectivity index (χ1n) is 16.0. The summed E-state index contributed by atoms with van der Waals surface area (Å²) in [5, 5.41) is 42.5. The van der Waals surface area contributed by atoms with Crippen LogP contribution in [0.15, 0.2) is 77.3 Å². The number of primary sulfonamides is 1. The molecule has 0 saturated heterocycles. The number of ether oxygens (including phenoxy) is 2. The van der Waals surface area contributed by atoms with Gasteiger partial charge in [0.25, 0.3) is 10.0 Å². The minimum absolute atomic E-state index is 0.00694. The molecule has 2 unspecified atom stereocenters. The van der Waals surface area contributed by atoms with E-state index in [1.54, 1.807) is 30.3 Å². The molecule has 0 saturated carbocycles. The van der Waals surface area contributed by atoms with Crippen molar-refractivity contribution in [1.29, 1.82) is 0 Å². The molecule has 14 nitrogen and oxygen atoms in total. The first-order valence-corrected chi connectivity index (χ1v) is 18.4. The van der Waals surface area contributed by atoms with Crippen LogP contribution in [-0.4, -0.2) is 81.0 Å². The molecule has 3 aromatic carbocycles. The maximum Gasteiger partial charge on any atom is 0.416 e. The summed E-state index contributed by atoms with van der Waals surface area (Å²) in [7, 11) is -4.00. The highest BCUT2D eigenvalue weighted by Gasteiger charge is 2.32. The number of nitrogens with zero attached hydrogens (tertiary/aromatic N) is 4. The number of nitrogens with two attached hydrogens (primary N) is 1. The number of fused-ring (bicyclic) bond motifs is 1. The van der Waals surface area contributed by atoms with Gasteiger partial charge in [-0.3, -0.25) is 9.59 Å². The number of thiazole rings is 1. The summed E-state index contributed by atoms with van der Waals surface area (Å²) in [6.45, 7) is -1.68. The van der Waals surface area contributed by atoms with Crippen molar-refractivity contribution in [3.05, 3.63) is 95.3 Å². The van der Waals surface area contributed by atoms with E-state index in [4.69, 9.17) is 14.6 Å². The van der Waals surface area contributed by atoms with Gasteiger partial charge in [0.15, 0.2) is 5.78 Å². The Bertz CT molecular complexity index is 2180. The van der Waals surface area contributed by atoms with Gasteiger partial charge in [-0.05, 0) is 60.0 Å². The van der Waals surface area contributed by atoms with Crippen LogP contribution in [0, 0.1) is 5.92 Å². The van der Waals surface area contributed by atoms with E-state index < -0.39 is 70.8 Å². The number of benzene rings is 3. The van der Waals surface area contributed by atoms with E-state index in [1.807, 2.05) is 0 Å². The van der Waals surface area contributed by atoms with Crippen LogP contribution in [-0.2, 0) is 45.2 Å². The van der Waals surface area contributed by atoms with Crippen LogP contribution in [0.25, 0.3) is 10.2 Å². The number of carboxylic acids is 1. The summed E-state index contributed by atoms with van der Waals surface area (Å²) in [5.41, 5.74) is 0.640. The van der Waals surface area contributed by atoms with Crippen molar-refractivity contribution in [3.8, 4) is 11.5 Å². The normalized spacial score (nSPS) is 14.4. The Labute approximate surface area is 308 Å². The predicted octanol–water partition coefficient (Wildman–Crippen LogP) is 3.89. The van der Waals surface area contributed by atoms with Gasteiger partial charge in [-0.15, -0.1) is 16.4 Å². The maximum absolute atomic E-state index is 13.9. The first-order chi connectivity index (χ1) is 25.5. The van der Waals surface area contributed by atoms with Crippen LogP contribution in [0.2, 0.25) is 0 Å². The predicted molar refractivity (Wildman–Crippen MR) is 184 cm³/mol. The van der Waals surface area contributed by atoms with Crippen molar-refractivity contribution in [3.63, 3.8) is 0 Å². The number of carbonyl (C=O) groups is 2. The Hall–Kier alpha value is -5.02. The van der Waals surface area contributed by atoms with Gasteiger partial charge in [-0.1, -0.05) is 29.5 Å². The number of halogens is 4. The molecule has 0 aliphatic carbocycles. The number of ketones is 1. The molecule has 5 N–H and O–H groups in total. The second kappa shape index (κ2) is 17.0. The molecule has 0 amide bonds. The number of aliphatic carboxylic acids is 1. The third-order valence-corrected chi connectivity index (χ3v) is 10.5. The van der Waals surface area contributed by atoms with E-state index in [9.17, 15) is 50.9 Å². The summed E-state index contributed by atoms with van der Waals surface area (Å²) < 4.78 is 87.9. The van der Waals surface area contributed by atoms with Crippen molar-refractivity contribution >= 4 is 43.3 Å². The number of carboxylic acid groups (broad SMARTS) is 1. The highest BCUT2D eigenvalue weighted by molar-refractivity contribution is 7.91. The van der Waals surface area contributed by atoms with Gasteiger partial charge in [-0.25, -0.2) is 27.6 Å². The Balaban J connectivity index is 1.33. The molecule has 0 aliphatic heterocycles. The van der Waals surface area contributed by atoms with Crippen LogP contribution in [0.3, 0.4) is 0 Å². The van der Waals surface area contributed by atoms with Gasteiger partial charge in [0.2, 0.25) is 4.34 Å². The van der Waals surface area contributed by atoms with E-state index >= 15 is 0 Å². The molecule has 2 heterocycles. The zero-order chi connectivity index (χ0) is 39.2. The molecule has 0 bridgehead atoms. The number of hydrogen-bond acceptors (Lipinski definition) is 12. The lowest BCUT2D eigenvalue weighted by molar-refractivity contribution is -0.144. The van der Waals surface area contributed by atoms with Crippen molar-refractivity contribution < 1.29 is 60.4 Å². The van der Waals surface area contributed by atoms with Crippen LogP contribution in [0.4, 0.5) is 17.6 Å². The van der Waals surface area contributed by atoms with Crippen molar-refractivity contribution in [2.24, 2.45) is 11.1 Å². The van der Waals surface area contributed by atoms with Gasteiger partial charge in [0, 0.05) is 12.8 Å². The van der Waals surface area contributed by atoms with Crippen molar-refractivity contribution in [1.82, 2.24) is 20.0 Å². The second-order valence-corrected chi connectivity index (χ2v) is 15.0. The third-order valence-electron chi connectivity index (χ3n) is 8.15. The van der Waals surface area contributed by atoms with E-state index in [-0.39, 0.29) is 47.4 Å². The minimum Gasteiger partial charge on any atom is -0.491 e. The number of Topliss-reactive ketones (excluding diaryl/α,β-unsaturated/α-hetero) is 1. The van der Waals surface area contributed by atoms with Gasteiger partial charge in [0.05, 0.1) is 27.9 Å².